The molecule has 1 aliphatic heterocycles. The highest BCUT2D eigenvalue weighted by Gasteiger charge is 2.24. The molecule has 8 heteroatoms. The molecule has 0 saturated carbocycles. The molecule has 0 spiro atoms. The van der Waals surface area contributed by atoms with Crippen molar-refractivity contribution in [3.63, 3.8) is 0 Å². The van der Waals surface area contributed by atoms with Crippen molar-refractivity contribution >= 4 is 33.3 Å². The molecule has 0 aliphatic carbocycles. The number of methoxy groups -OCH3 is 1. The predicted octanol–water partition coefficient (Wildman–Crippen LogP) is 3.67. The second-order valence-corrected chi connectivity index (χ2v) is 7.51. The number of nitrogens with one attached hydrogen (secondary N) is 2. The number of hydrogen-bond acceptors (Lipinski definition) is 6. The van der Waals surface area contributed by atoms with Gasteiger partial charge >= 0.3 is 6.03 Å². The van der Waals surface area contributed by atoms with Crippen molar-refractivity contribution in [2.24, 2.45) is 11.8 Å². The van der Waals surface area contributed by atoms with Gasteiger partial charge < -0.3 is 15.0 Å². The molecular weight excluding hydrogens is 338 g/mol. The Morgan fingerprint density at radius 1 is 1.24 bits per heavy atom. The second-order valence-electron chi connectivity index (χ2n) is 6.55. The Morgan fingerprint density at radius 3 is 2.72 bits per heavy atom. The molecule has 1 saturated heterocycles. The number of nitrogens with zero attached hydrogens (tertiary/aromatic N) is 3. The van der Waals surface area contributed by atoms with Crippen LogP contribution in [0.5, 0.6) is 5.75 Å². The normalized spacial score (nSPS) is 20.2. The van der Waals surface area contributed by atoms with E-state index in [4.69, 9.17) is 4.74 Å². The lowest BCUT2D eigenvalue weighted by molar-refractivity contribution is 0.262. The molecule has 2 amide bonds. The lowest BCUT2D eigenvalue weighted by Crippen LogP contribution is -2.38. The van der Waals surface area contributed by atoms with Gasteiger partial charge in [0.05, 0.1) is 7.11 Å². The smallest absolute Gasteiger partial charge is 0.325 e. The molecule has 25 heavy (non-hydrogen) atoms. The van der Waals surface area contributed by atoms with Crippen molar-refractivity contribution < 1.29 is 9.53 Å². The lowest BCUT2D eigenvalue weighted by Gasteiger charge is -2.34. The summed E-state index contributed by atoms with van der Waals surface area (Å²) in [5, 5.41) is 15.2. The first-order valence-electron chi connectivity index (χ1n) is 8.34. The molecule has 0 bridgehead atoms. The van der Waals surface area contributed by atoms with Gasteiger partial charge in [-0.15, -0.1) is 10.2 Å². The summed E-state index contributed by atoms with van der Waals surface area (Å²) in [5.74, 6) is 1.96. The number of anilines is 3. The number of ether oxygens (including phenoxy) is 1. The molecule has 0 radical (unpaired) electrons. The van der Waals surface area contributed by atoms with Crippen molar-refractivity contribution in [3.8, 4) is 5.75 Å². The van der Waals surface area contributed by atoms with Crippen molar-refractivity contribution in [3.05, 3.63) is 24.3 Å². The number of piperidine rings is 1. The average molecular weight is 361 g/mol. The number of aromatic nitrogens is 2. The number of carbonyl (C=O) groups is 1. The Hall–Kier alpha value is -2.35. The van der Waals surface area contributed by atoms with E-state index in [0.717, 1.165) is 18.2 Å². The van der Waals surface area contributed by atoms with E-state index in [2.05, 4.69) is 39.6 Å². The zero-order valence-electron chi connectivity index (χ0n) is 14.7. The van der Waals surface area contributed by atoms with Crippen LogP contribution in [0.2, 0.25) is 0 Å². The Labute approximate surface area is 151 Å². The van der Waals surface area contributed by atoms with Crippen LogP contribution in [0.25, 0.3) is 0 Å². The van der Waals surface area contributed by atoms with Crippen LogP contribution in [0.15, 0.2) is 24.3 Å². The fraction of sp³-hybridized carbons (Fsp3) is 0.471. The van der Waals surface area contributed by atoms with E-state index >= 15 is 0 Å². The van der Waals surface area contributed by atoms with Gasteiger partial charge in [0.2, 0.25) is 10.3 Å². The maximum absolute atomic E-state index is 12.1. The molecule has 134 valence electrons. The quantitative estimate of drug-likeness (QED) is 0.868. The van der Waals surface area contributed by atoms with Crippen LogP contribution in [-0.2, 0) is 0 Å². The molecule has 1 aromatic carbocycles. The number of rotatable bonds is 4. The van der Waals surface area contributed by atoms with Gasteiger partial charge in [0.15, 0.2) is 0 Å². The van der Waals surface area contributed by atoms with Crippen molar-refractivity contribution in [1.82, 2.24) is 10.2 Å². The summed E-state index contributed by atoms with van der Waals surface area (Å²) in [6, 6.07) is 6.83. The Morgan fingerprint density at radius 2 is 2.00 bits per heavy atom. The van der Waals surface area contributed by atoms with E-state index in [1.54, 1.807) is 19.2 Å². The Balaban J connectivity index is 1.60. The number of urea groups is 1. The highest BCUT2D eigenvalue weighted by atomic mass is 32.1. The molecule has 2 heterocycles. The zero-order valence-corrected chi connectivity index (χ0v) is 15.5. The number of hydrogen-bond donors (Lipinski definition) is 2. The zero-order chi connectivity index (χ0) is 17.8. The lowest BCUT2D eigenvalue weighted by atomic mass is 9.92. The third-order valence-corrected chi connectivity index (χ3v) is 5.00. The van der Waals surface area contributed by atoms with Crippen LogP contribution in [-0.4, -0.2) is 36.4 Å². The molecule has 2 N–H and O–H groups in total. The third kappa shape index (κ3) is 4.60. The van der Waals surface area contributed by atoms with Crippen LogP contribution in [0.4, 0.5) is 20.7 Å². The number of amides is 2. The van der Waals surface area contributed by atoms with E-state index in [1.807, 2.05) is 12.1 Å². The van der Waals surface area contributed by atoms with Gasteiger partial charge in [0.25, 0.3) is 0 Å². The van der Waals surface area contributed by atoms with Crippen LogP contribution < -0.4 is 20.3 Å². The first-order chi connectivity index (χ1) is 12.0. The minimum absolute atomic E-state index is 0.351. The first kappa shape index (κ1) is 17.5. The summed E-state index contributed by atoms with van der Waals surface area (Å²) in [4.78, 5) is 14.4. The van der Waals surface area contributed by atoms with Gasteiger partial charge in [-0.25, -0.2) is 4.79 Å². The molecule has 2 aromatic rings. The summed E-state index contributed by atoms with van der Waals surface area (Å²) in [7, 11) is 1.59. The number of benzene rings is 1. The van der Waals surface area contributed by atoms with Crippen LogP contribution in [0.1, 0.15) is 20.3 Å². The minimum Gasteiger partial charge on any atom is -0.497 e. The van der Waals surface area contributed by atoms with E-state index < -0.39 is 0 Å². The fourth-order valence-electron chi connectivity index (χ4n) is 3.17. The average Bonchev–Trinajstić information content (AvgIpc) is 3.02. The first-order valence-corrected chi connectivity index (χ1v) is 9.15. The second kappa shape index (κ2) is 7.69. The Kier molecular flexibility index (Phi) is 5.37. The monoisotopic (exact) mass is 361 g/mol. The summed E-state index contributed by atoms with van der Waals surface area (Å²) in [6.45, 7) is 6.47. The third-order valence-electron chi connectivity index (χ3n) is 4.10. The molecule has 7 nitrogen and oxygen atoms in total. The molecule has 1 aromatic heterocycles. The van der Waals surface area contributed by atoms with Gasteiger partial charge in [0.1, 0.15) is 5.75 Å². The minimum atomic E-state index is -0.351. The van der Waals surface area contributed by atoms with Gasteiger partial charge in [-0.1, -0.05) is 31.3 Å². The highest BCUT2D eigenvalue weighted by molar-refractivity contribution is 7.19. The van der Waals surface area contributed by atoms with Crippen molar-refractivity contribution in [2.45, 2.75) is 20.3 Å². The summed E-state index contributed by atoms with van der Waals surface area (Å²) < 4.78 is 5.14. The number of carbonyl (C=O) groups excluding carboxylic acids is 1. The molecular formula is C17H23N5O2S. The van der Waals surface area contributed by atoms with Gasteiger partial charge in [-0.05, 0) is 30.4 Å². The standard InChI is InChI=1S/C17H23N5O2S/c1-11-7-12(2)10-22(9-11)17-21-20-16(25-17)19-15(23)18-13-5-4-6-14(8-13)24-3/h4-6,8,11-12H,7,9-10H2,1-3H3,(H2,18,19,20,23)/t11-,12+. The van der Waals surface area contributed by atoms with E-state index in [0.29, 0.717) is 28.4 Å². The molecule has 0 unspecified atom stereocenters. The summed E-state index contributed by atoms with van der Waals surface area (Å²) in [5.41, 5.74) is 0.653. The Bertz CT molecular complexity index is 725. The van der Waals surface area contributed by atoms with E-state index in [1.165, 1.54) is 17.8 Å². The fourth-order valence-corrected chi connectivity index (χ4v) is 3.93. The van der Waals surface area contributed by atoms with Crippen molar-refractivity contribution in [2.75, 3.05) is 35.7 Å². The largest absolute Gasteiger partial charge is 0.497 e. The summed E-state index contributed by atoms with van der Waals surface area (Å²) >= 11 is 1.40. The van der Waals surface area contributed by atoms with Gasteiger partial charge in [-0.2, -0.15) is 0 Å². The SMILES string of the molecule is COc1cccc(NC(=O)Nc2nnc(N3C[C@H](C)C[C@H](C)C3)s2)c1. The molecule has 1 fully saturated rings. The molecule has 1 aliphatic rings. The predicted molar refractivity (Wildman–Crippen MR) is 101 cm³/mol. The molecule has 3 rings (SSSR count). The summed E-state index contributed by atoms with van der Waals surface area (Å²) in [6.07, 6.45) is 1.24. The topological polar surface area (TPSA) is 79.4 Å². The van der Waals surface area contributed by atoms with E-state index in [-0.39, 0.29) is 6.03 Å². The van der Waals surface area contributed by atoms with Crippen LogP contribution in [0, 0.1) is 11.8 Å². The van der Waals surface area contributed by atoms with Gasteiger partial charge in [0, 0.05) is 24.8 Å². The molecule has 2 atom stereocenters. The maximum atomic E-state index is 12.1. The van der Waals surface area contributed by atoms with Crippen molar-refractivity contribution in [1.29, 1.82) is 0 Å². The highest BCUT2D eigenvalue weighted by Crippen LogP contribution is 2.30. The van der Waals surface area contributed by atoms with Crippen LogP contribution in [0.3, 0.4) is 0 Å². The van der Waals surface area contributed by atoms with E-state index in [9.17, 15) is 4.79 Å². The van der Waals surface area contributed by atoms with Crippen LogP contribution >= 0.6 is 11.3 Å². The van der Waals surface area contributed by atoms with Gasteiger partial charge in [-0.3, -0.25) is 5.32 Å². The maximum Gasteiger partial charge on any atom is 0.325 e.